The van der Waals surface area contributed by atoms with E-state index in [1.54, 1.807) is 7.11 Å². The van der Waals surface area contributed by atoms with E-state index < -0.39 is 43.4 Å². The van der Waals surface area contributed by atoms with Crippen LogP contribution in [0.5, 0.6) is 5.75 Å². The van der Waals surface area contributed by atoms with Crippen LogP contribution in [0.3, 0.4) is 0 Å². The Morgan fingerprint density at radius 1 is 0.654 bits per heavy atom. The monoisotopic (exact) mass is 736 g/mol. The number of ether oxygens (including phenoxy) is 5. The predicted octanol–water partition coefficient (Wildman–Crippen LogP) is 11.5. The van der Waals surface area contributed by atoms with Crippen molar-refractivity contribution in [2.45, 2.75) is 212 Å². The van der Waals surface area contributed by atoms with Crippen LogP contribution in [-0.2, 0) is 30.4 Å². The van der Waals surface area contributed by atoms with Gasteiger partial charge in [0.25, 0.3) is 0 Å². The lowest BCUT2D eigenvalue weighted by Gasteiger charge is -2.48. The first-order valence-electron chi connectivity index (χ1n) is 22.3. The maximum Gasteiger partial charge on any atom is 0.192 e. The summed E-state index contributed by atoms with van der Waals surface area (Å²) in [4.78, 5) is 4.98. The third-order valence-electron chi connectivity index (χ3n) is 10.1. The maximum atomic E-state index is 11.7. The van der Waals surface area contributed by atoms with Gasteiger partial charge < -0.3 is 33.6 Å². The molecule has 0 amide bonds. The molecule has 0 aliphatic carbocycles. The summed E-state index contributed by atoms with van der Waals surface area (Å²) in [6.07, 6.45) is 26.0. The fourth-order valence-electron chi connectivity index (χ4n) is 6.90. The van der Waals surface area contributed by atoms with Crippen LogP contribution in [0, 0.1) is 0 Å². The number of rotatable bonds is 34. The molecule has 8 nitrogen and oxygen atoms in total. The van der Waals surface area contributed by atoms with Crippen LogP contribution in [0.25, 0.3) is 0 Å². The smallest absolute Gasteiger partial charge is 0.192 e. The molecule has 0 spiro atoms. The van der Waals surface area contributed by atoms with Crippen molar-refractivity contribution in [1.29, 1.82) is 0 Å². The molecule has 8 heteroatoms. The Labute approximate surface area is 321 Å². The number of benzene rings is 1. The van der Waals surface area contributed by atoms with Crippen molar-refractivity contribution in [2.24, 2.45) is 5.16 Å². The molecular formula is C44H79NO7. The minimum Gasteiger partial charge on any atom is -0.497 e. The maximum absolute atomic E-state index is 11.7. The second kappa shape index (κ2) is 30.6. The molecule has 302 valence electrons. The molecule has 1 saturated heterocycles. The van der Waals surface area contributed by atoms with E-state index in [0.717, 1.165) is 49.8 Å². The highest BCUT2D eigenvalue weighted by Gasteiger charge is 2.53. The lowest BCUT2D eigenvalue weighted by Crippen LogP contribution is -2.65. The Morgan fingerprint density at radius 2 is 1.10 bits per heavy atom. The summed E-state index contributed by atoms with van der Waals surface area (Å²) in [6, 6.07) is 7.59. The molecule has 1 aromatic carbocycles. The number of unbranched alkanes of at least 4 members (excludes halogenated alkanes) is 20. The average molecular weight is 736 g/mol. The number of aliphatic hydroxyl groups is 1. The van der Waals surface area contributed by atoms with Gasteiger partial charge in [-0.1, -0.05) is 172 Å². The lowest BCUT2D eigenvalue weighted by atomic mass is 9.92. The van der Waals surface area contributed by atoms with Gasteiger partial charge >= 0.3 is 0 Å². The first kappa shape index (κ1) is 43.0. The fourth-order valence-corrected chi connectivity index (χ4v) is 6.90. The molecule has 1 aromatic rings. The normalized spacial score (nSPS) is 23.7. The van der Waals surface area contributed by atoms with E-state index in [1.165, 1.54) is 123 Å². The van der Waals surface area contributed by atoms with Crippen LogP contribution < -0.4 is 4.74 Å². The predicted molar refractivity (Wildman–Crippen MR) is 214 cm³/mol. The van der Waals surface area contributed by atoms with Gasteiger partial charge in [-0.25, -0.2) is 0 Å². The van der Waals surface area contributed by atoms with Gasteiger partial charge in [-0.3, -0.25) is 0 Å². The van der Waals surface area contributed by atoms with Crippen molar-refractivity contribution < 1.29 is 36.4 Å². The van der Waals surface area contributed by atoms with Crippen LogP contribution in [0.1, 0.15) is 183 Å². The van der Waals surface area contributed by atoms with Gasteiger partial charge in [0, 0.05) is 13.2 Å². The molecule has 1 aliphatic rings. The molecular weight excluding hydrogens is 654 g/mol. The molecule has 3 unspecified atom stereocenters. The molecule has 0 bridgehead atoms. The van der Waals surface area contributed by atoms with Crippen LogP contribution in [-0.4, -0.2) is 68.9 Å². The standard InChI is InChI=1S/C44H79NO7/c1-6-8-10-12-14-16-18-20-22-24-26-28-34-49-42-41(51-37-38-30-32-39(47-4)33-31-38)40(36-45-48-5)52-44(3,46)43(42)50-35-29-27-25-23-21-19-17-15-13-11-9-7-2/h30-33,36,40-43,46H,6-29,34-35,37H2,1-5H3/t40-,41-,42+,43-,44?/m1/s1/i34D,35D/t34?,35?,40-,41-,42+,43-,44?. The first-order chi connectivity index (χ1) is 26.2. The Kier molecular flexibility index (Phi) is 25.3. The van der Waals surface area contributed by atoms with Gasteiger partial charge in [-0.2, -0.15) is 0 Å². The SMILES string of the molecule is [2H]C(CCCCCCCCCCCCC)O[C@H]1[C@H](OCc2ccc(OC)cc2)[C@@H](C=NOC)OC(C)(O)[C@@H]1OC([2H])CCCCCCCCCCCCC. The first-order valence-corrected chi connectivity index (χ1v) is 21.1. The summed E-state index contributed by atoms with van der Waals surface area (Å²) < 4.78 is 48.5. The Bertz CT molecular complexity index is 1050. The molecule has 1 aliphatic heterocycles. The summed E-state index contributed by atoms with van der Waals surface area (Å²) in [6.45, 7) is 4.50. The van der Waals surface area contributed by atoms with Gasteiger partial charge in [0.2, 0.25) is 0 Å². The van der Waals surface area contributed by atoms with Gasteiger partial charge in [0.15, 0.2) is 5.79 Å². The minimum atomic E-state index is -1.83. The van der Waals surface area contributed by atoms with Crippen molar-refractivity contribution in [3.05, 3.63) is 29.8 Å². The Balaban J connectivity index is 2.03. The number of hydrogen-bond donors (Lipinski definition) is 1. The zero-order chi connectivity index (χ0) is 39.3. The highest BCUT2D eigenvalue weighted by Crippen LogP contribution is 2.34. The third kappa shape index (κ3) is 20.7. The van der Waals surface area contributed by atoms with E-state index in [9.17, 15) is 5.11 Å². The summed E-state index contributed by atoms with van der Waals surface area (Å²) in [5, 5.41) is 15.6. The molecule has 1 fully saturated rings. The van der Waals surface area contributed by atoms with Crippen molar-refractivity contribution >= 4 is 6.21 Å². The summed E-state index contributed by atoms with van der Waals surface area (Å²) >= 11 is 0. The van der Waals surface area contributed by atoms with Crippen LogP contribution >= 0.6 is 0 Å². The highest BCUT2D eigenvalue weighted by molar-refractivity contribution is 5.64. The molecule has 1 heterocycles. The Morgan fingerprint density at radius 3 is 1.54 bits per heavy atom. The largest absolute Gasteiger partial charge is 0.497 e. The van der Waals surface area contributed by atoms with Gasteiger partial charge in [0.1, 0.15) is 37.3 Å². The van der Waals surface area contributed by atoms with E-state index >= 15 is 0 Å². The number of nitrogens with zero attached hydrogens (tertiary/aromatic N) is 1. The summed E-state index contributed by atoms with van der Waals surface area (Å²) in [7, 11) is 3.07. The second-order valence-corrected chi connectivity index (χ2v) is 14.8. The topological polar surface area (TPSA) is 88.0 Å². The molecule has 52 heavy (non-hydrogen) atoms. The molecule has 0 aromatic heterocycles. The number of hydrogen-bond acceptors (Lipinski definition) is 8. The van der Waals surface area contributed by atoms with Gasteiger partial charge in [-0.05, 0) is 37.5 Å². The fraction of sp³-hybridized carbons (Fsp3) is 0.841. The number of methoxy groups -OCH3 is 1. The van der Waals surface area contributed by atoms with Crippen molar-refractivity contribution in [2.75, 3.05) is 27.4 Å². The van der Waals surface area contributed by atoms with Gasteiger partial charge in [-0.15, -0.1) is 0 Å². The Hall–Kier alpha value is -1.71. The summed E-state index contributed by atoms with van der Waals surface area (Å²) in [5.74, 6) is -1.09. The zero-order valence-electron chi connectivity index (χ0n) is 35.9. The third-order valence-corrected chi connectivity index (χ3v) is 10.1. The molecule has 2 rings (SSSR count). The molecule has 7 atom stereocenters. The highest BCUT2D eigenvalue weighted by atomic mass is 16.7. The van der Waals surface area contributed by atoms with Crippen LogP contribution in [0.4, 0.5) is 0 Å². The zero-order valence-corrected chi connectivity index (χ0v) is 33.9. The minimum absolute atomic E-state index is 0.217. The summed E-state index contributed by atoms with van der Waals surface area (Å²) in [5.41, 5.74) is 0.907. The second-order valence-electron chi connectivity index (χ2n) is 14.8. The van der Waals surface area contributed by atoms with Crippen LogP contribution in [0.2, 0.25) is 0 Å². The average Bonchev–Trinajstić information content (AvgIpc) is 3.16. The van der Waals surface area contributed by atoms with E-state index in [-0.39, 0.29) is 6.61 Å². The van der Waals surface area contributed by atoms with Crippen molar-refractivity contribution in [3.8, 4) is 5.75 Å². The van der Waals surface area contributed by atoms with E-state index in [2.05, 4.69) is 19.0 Å². The number of oxime groups is 1. The lowest BCUT2D eigenvalue weighted by molar-refractivity contribution is -0.344. The van der Waals surface area contributed by atoms with Gasteiger partial charge in [0.05, 0.1) is 22.7 Å². The van der Waals surface area contributed by atoms with Crippen LogP contribution in [0.15, 0.2) is 29.4 Å². The van der Waals surface area contributed by atoms with Crippen molar-refractivity contribution in [3.63, 3.8) is 0 Å². The molecule has 0 radical (unpaired) electrons. The van der Waals surface area contributed by atoms with E-state index in [1.807, 2.05) is 24.3 Å². The van der Waals surface area contributed by atoms with E-state index in [0.29, 0.717) is 12.8 Å². The quantitative estimate of drug-likeness (QED) is 0.0428. The van der Waals surface area contributed by atoms with Crippen molar-refractivity contribution in [1.82, 2.24) is 0 Å². The molecule has 0 saturated carbocycles. The molecule has 1 N–H and O–H groups in total. The van der Waals surface area contributed by atoms with E-state index in [4.69, 9.17) is 31.3 Å².